The Morgan fingerprint density at radius 1 is 0.979 bits per heavy atom. The highest BCUT2D eigenvalue weighted by molar-refractivity contribution is 7.92. The zero-order chi connectivity index (χ0) is 35.2. The Morgan fingerprint density at radius 2 is 1.69 bits per heavy atom. The number of aromatic nitrogens is 1. The van der Waals surface area contributed by atoms with E-state index in [0.29, 0.717) is 28.8 Å². The molecule has 48 heavy (non-hydrogen) atoms. The molecule has 2 N–H and O–H groups in total. The van der Waals surface area contributed by atoms with Gasteiger partial charge in [0, 0.05) is 5.56 Å². The van der Waals surface area contributed by atoms with Crippen LogP contribution in [0.4, 0.5) is 46.9 Å². The lowest BCUT2D eigenvalue weighted by atomic mass is 9.92. The number of carbonyl (C=O) groups is 1. The summed E-state index contributed by atoms with van der Waals surface area (Å²) in [5, 5.41) is 9.07. The van der Waals surface area contributed by atoms with E-state index in [1.54, 1.807) is 13.8 Å². The number of alkyl halides is 6. The summed E-state index contributed by atoms with van der Waals surface area (Å²) in [7, 11) is -4.75. The lowest BCUT2D eigenvalue weighted by Gasteiger charge is -2.41. The van der Waals surface area contributed by atoms with Crippen molar-refractivity contribution in [2.75, 3.05) is 9.62 Å². The van der Waals surface area contributed by atoms with Gasteiger partial charge < -0.3 is 15.2 Å². The zero-order valence-corrected chi connectivity index (χ0v) is 26.2. The summed E-state index contributed by atoms with van der Waals surface area (Å²) >= 11 is 0. The van der Waals surface area contributed by atoms with Crippen LogP contribution in [0.25, 0.3) is 12.2 Å². The van der Waals surface area contributed by atoms with Crippen LogP contribution in [0.2, 0.25) is 0 Å². The molecule has 4 aromatic rings. The largest absolute Gasteiger partial charge is 0.417 e. The summed E-state index contributed by atoms with van der Waals surface area (Å²) < 4.78 is 130. The molecule has 254 valence electrons. The quantitative estimate of drug-likeness (QED) is 0.157. The first-order chi connectivity index (χ1) is 22.4. The molecule has 8 nitrogen and oxygen atoms in total. The number of nitrogens with zero attached hydrogens (tertiary/aromatic N) is 2. The number of hydrogen-bond donors (Lipinski definition) is 2. The molecule has 0 spiro atoms. The van der Waals surface area contributed by atoms with Crippen LogP contribution >= 0.6 is 0 Å². The molecule has 0 saturated carbocycles. The van der Waals surface area contributed by atoms with Gasteiger partial charge >= 0.3 is 18.4 Å². The molecular formula is C32H27F7N4O4S. The average molecular weight is 697 g/mol. The number of benzene rings is 3. The molecule has 0 unspecified atom stereocenters. The third-order valence-corrected chi connectivity index (χ3v) is 9.74. The lowest BCUT2D eigenvalue weighted by Crippen LogP contribution is -2.57. The van der Waals surface area contributed by atoms with Crippen molar-refractivity contribution in [2.24, 2.45) is 0 Å². The molecule has 0 bridgehead atoms. The van der Waals surface area contributed by atoms with E-state index in [0.717, 1.165) is 52.9 Å². The Hall–Kier alpha value is -4.86. The van der Waals surface area contributed by atoms with E-state index in [1.807, 2.05) is 0 Å². The van der Waals surface area contributed by atoms with Gasteiger partial charge in [-0.1, -0.05) is 41.6 Å². The molecule has 1 aromatic heterocycles. The Kier molecular flexibility index (Phi) is 9.07. The number of sulfonamides is 1. The van der Waals surface area contributed by atoms with Crippen molar-refractivity contribution in [1.82, 2.24) is 10.5 Å². The predicted molar refractivity (Wildman–Crippen MR) is 163 cm³/mol. The van der Waals surface area contributed by atoms with Gasteiger partial charge in [-0.2, -0.15) is 26.3 Å². The van der Waals surface area contributed by atoms with Gasteiger partial charge in [0.2, 0.25) is 0 Å². The molecule has 0 fully saturated rings. The number of rotatable bonds is 6. The van der Waals surface area contributed by atoms with Crippen molar-refractivity contribution >= 4 is 39.6 Å². The van der Waals surface area contributed by atoms with Gasteiger partial charge in [-0.15, -0.1) is 0 Å². The number of anilines is 2. The summed E-state index contributed by atoms with van der Waals surface area (Å²) in [4.78, 5) is 12.3. The van der Waals surface area contributed by atoms with Gasteiger partial charge in [0.1, 0.15) is 17.2 Å². The number of hydrogen-bond acceptors (Lipinski definition) is 5. The van der Waals surface area contributed by atoms with Gasteiger partial charge in [0.15, 0.2) is 5.76 Å². The van der Waals surface area contributed by atoms with Gasteiger partial charge in [-0.3, -0.25) is 4.31 Å². The maximum absolute atomic E-state index is 14.5. The first-order valence-electron chi connectivity index (χ1n) is 14.3. The molecule has 2 amide bonds. The van der Waals surface area contributed by atoms with E-state index in [1.165, 1.54) is 25.1 Å². The number of aryl methyl sites for hydroxylation is 2. The van der Waals surface area contributed by atoms with E-state index in [-0.39, 0.29) is 17.7 Å². The number of nitrogens with one attached hydrogen (secondary N) is 2. The molecule has 2 atom stereocenters. The van der Waals surface area contributed by atoms with Crippen molar-refractivity contribution in [3.8, 4) is 0 Å². The minimum atomic E-state index is -4.86. The third-order valence-electron chi connectivity index (χ3n) is 7.85. The van der Waals surface area contributed by atoms with Gasteiger partial charge in [-0.25, -0.2) is 17.6 Å². The van der Waals surface area contributed by atoms with Crippen LogP contribution in [0.5, 0.6) is 0 Å². The lowest BCUT2D eigenvalue weighted by molar-refractivity contribution is -0.138. The van der Waals surface area contributed by atoms with Crippen LogP contribution in [0.15, 0.2) is 70.1 Å². The van der Waals surface area contributed by atoms with Crippen LogP contribution in [0, 0.1) is 19.7 Å². The van der Waals surface area contributed by atoms with Crippen molar-refractivity contribution in [3.05, 3.63) is 106 Å². The molecule has 2 heterocycles. The Labute approximate surface area is 270 Å². The second-order valence-corrected chi connectivity index (χ2v) is 12.9. The first kappa shape index (κ1) is 34.5. The summed E-state index contributed by atoms with van der Waals surface area (Å²) in [5.74, 6) is -0.818. The van der Waals surface area contributed by atoms with E-state index < -0.39 is 67.9 Å². The highest BCUT2D eigenvalue weighted by Crippen LogP contribution is 2.39. The highest BCUT2D eigenvalue weighted by Gasteiger charge is 2.41. The van der Waals surface area contributed by atoms with E-state index in [2.05, 4.69) is 15.8 Å². The molecule has 0 saturated heterocycles. The van der Waals surface area contributed by atoms with Crippen LogP contribution < -0.4 is 14.9 Å². The van der Waals surface area contributed by atoms with Crippen LogP contribution in [-0.2, 0) is 28.8 Å². The molecule has 0 aliphatic carbocycles. The van der Waals surface area contributed by atoms with Crippen molar-refractivity contribution < 1.29 is 48.5 Å². The molecule has 0 radical (unpaired) electrons. The third kappa shape index (κ3) is 6.88. The molecule has 16 heteroatoms. The average Bonchev–Trinajstić information content (AvgIpc) is 3.31. The Morgan fingerprint density at radius 3 is 2.33 bits per heavy atom. The van der Waals surface area contributed by atoms with Crippen molar-refractivity contribution in [3.63, 3.8) is 0 Å². The SMILES string of the molecule is Cc1noc(C)c1NC(=O)N[C@@H]1Cc2ccc(/C=C/c3c(F)cccc3C(F)(F)F)cc2N(S(=O)(=O)c2cccc(C(F)(F)F)c2)[C@@H]1C. The second kappa shape index (κ2) is 12.6. The van der Waals surface area contributed by atoms with Crippen molar-refractivity contribution in [2.45, 2.75) is 56.5 Å². The highest BCUT2D eigenvalue weighted by atomic mass is 32.2. The number of fused-ring (bicyclic) bond motifs is 1. The number of urea groups is 1. The van der Waals surface area contributed by atoms with E-state index in [9.17, 15) is 43.9 Å². The maximum Gasteiger partial charge on any atom is 0.417 e. The van der Waals surface area contributed by atoms with Crippen LogP contribution in [0.3, 0.4) is 0 Å². The maximum atomic E-state index is 14.5. The smallest absolute Gasteiger partial charge is 0.359 e. The molecule has 3 aromatic carbocycles. The number of carbonyl (C=O) groups excluding carboxylic acids is 1. The number of amides is 2. The summed E-state index contributed by atoms with van der Waals surface area (Å²) in [6.45, 7) is 4.62. The Balaban J connectivity index is 1.57. The zero-order valence-electron chi connectivity index (χ0n) is 25.4. The van der Waals surface area contributed by atoms with E-state index in [4.69, 9.17) is 4.52 Å². The molecule has 5 rings (SSSR count). The van der Waals surface area contributed by atoms with Crippen molar-refractivity contribution in [1.29, 1.82) is 0 Å². The summed E-state index contributed by atoms with van der Waals surface area (Å²) in [6.07, 6.45) is -7.58. The fourth-order valence-corrected chi connectivity index (χ4v) is 7.20. The summed E-state index contributed by atoms with van der Waals surface area (Å²) in [5.41, 5.74) is -1.95. The molecule has 1 aliphatic rings. The minimum Gasteiger partial charge on any atom is -0.359 e. The summed E-state index contributed by atoms with van der Waals surface area (Å²) in [6, 6.07) is 7.18. The predicted octanol–water partition coefficient (Wildman–Crippen LogP) is 7.97. The molecule has 1 aliphatic heterocycles. The standard InChI is InChI=1S/C32H27F7N4O4S/c1-17-29(19(3)47-42-17)41-30(44)40-27-15-21-12-10-20(11-13-24-25(32(37,38)39)8-5-9-26(24)33)14-28(21)43(18(27)2)48(45,46)23-7-4-6-22(16-23)31(34,35)36/h4-14,16,18,27H,15H2,1-3H3,(H2,40,41,44)/b13-11+/t18-,27-/m1/s1. The fourth-order valence-electron chi connectivity index (χ4n) is 5.43. The minimum absolute atomic E-state index is 0.0100. The number of halogens is 7. The van der Waals surface area contributed by atoms with Gasteiger partial charge in [-0.05, 0) is 74.7 Å². The van der Waals surface area contributed by atoms with Gasteiger partial charge in [0.05, 0.1) is 33.8 Å². The van der Waals surface area contributed by atoms with Crippen LogP contribution in [0.1, 0.15) is 46.2 Å². The normalized spacial score (nSPS) is 17.0. The second-order valence-electron chi connectivity index (χ2n) is 11.1. The van der Waals surface area contributed by atoms with E-state index >= 15 is 0 Å². The van der Waals surface area contributed by atoms with Crippen LogP contribution in [-0.4, -0.2) is 31.7 Å². The van der Waals surface area contributed by atoms with Gasteiger partial charge in [0.25, 0.3) is 10.0 Å². The fraction of sp³-hybridized carbons (Fsp3) is 0.250. The monoisotopic (exact) mass is 696 g/mol. The topological polar surface area (TPSA) is 105 Å². The first-order valence-corrected chi connectivity index (χ1v) is 15.7. The Bertz CT molecular complexity index is 1990. The molecular weight excluding hydrogens is 669 g/mol.